The fourth-order valence-electron chi connectivity index (χ4n) is 4.51. The third-order valence-electron chi connectivity index (χ3n) is 6.20. The van der Waals surface area contributed by atoms with Crippen LogP contribution >= 0.6 is 0 Å². The molecule has 194 valence electrons. The first-order valence-electron chi connectivity index (χ1n) is 12.3. The number of nitrogens with zero attached hydrogens (tertiary/aromatic N) is 2. The first kappa shape index (κ1) is 26.2. The number of ether oxygens (including phenoxy) is 2. The van der Waals surface area contributed by atoms with Crippen LogP contribution in [0.4, 0.5) is 0 Å². The maximum absolute atomic E-state index is 13.1. The first-order valence-corrected chi connectivity index (χ1v) is 12.3. The van der Waals surface area contributed by atoms with Gasteiger partial charge in [-0.1, -0.05) is 59.7 Å². The Morgan fingerprint density at radius 1 is 0.973 bits per heavy atom. The van der Waals surface area contributed by atoms with Crippen LogP contribution in [-0.4, -0.2) is 47.9 Å². The standard InChI is InChI=1S/C29H32N2O6/c1-20-13-21(2)15-23(14-20)18-36-27-19-35-25(16-26(27)33)17-30-9-11-31(12-10-30)29(34)28(37-22(3)32)24-7-5-4-6-8-24/h4-8,13-16,19,28H,9-12,17-18H2,1-3H3. The summed E-state index contributed by atoms with van der Waals surface area (Å²) < 4.78 is 16.7. The van der Waals surface area contributed by atoms with Gasteiger partial charge in [-0.05, 0) is 19.4 Å². The third kappa shape index (κ3) is 7.07. The number of piperazine rings is 1. The molecule has 8 nitrogen and oxygen atoms in total. The van der Waals surface area contributed by atoms with E-state index in [1.54, 1.807) is 17.0 Å². The van der Waals surface area contributed by atoms with Gasteiger partial charge in [0, 0.05) is 44.7 Å². The molecule has 0 saturated carbocycles. The van der Waals surface area contributed by atoms with Crippen LogP contribution in [0.15, 0.2) is 70.1 Å². The second-order valence-corrected chi connectivity index (χ2v) is 9.36. The first-order chi connectivity index (χ1) is 17.8. The number of aryl methyl sites for hydroxylation is 2. The van der Waals surface area contributed by atoms with Crippen molar-refractivity contribution in [1.82, 2.24) is 9.80 Å². The highest BCUT2D eigenvalue weighted by Gasteiger charge is 2.31. The van der Waals surface area contributed by atoms with Gasteiger partial charge in [0.05, 0.1) is 6.54 Å². The van der Waals surface area contributed by atoms with Crippen molar-refractivity contribution in [1.29, 1.82) is 0 Å². The Bertz CT molecular complexity index is 1270. The molecule has 0 spiro atoms. The molecule has 1 unspecified atom stereocenters. The lowest BCUT2D eigenvalue weighted by molar-refractivity contribution is -0.160. The average molecular weight is 505 g/mol. The van der Waals surface area contributed by atoms with Crippen molar-refractivity contribution >= 4 is 11.9 Å². The van der Waals surface area contributed by atoms with E-state index in [1.165, 1.54) is 19.3 Å². The Labute approximate surface area is 216 Å². The topological polar surface area (TPSA) is 89.3 Å². The molecule has 1 aromatic heterocycles. The Balaban J connectivity index is 1.32. The molecule has 2 heterocycles. The van der Waals surface area contributed by atoms with Crippen molar-refractivity contribution in [2.75, 3.05) is 26.2 Å². The molecule has 0 radical (unpaired) electrons. The predicted molar refractivity (Wildman–Crippen MR) is 138 cm³/mol. The van der Waals surface area contributed by atoms with Crippen LogP contribution in [0.2, 0.25) is 0 Å². The Morgan fingerprint density at radius 3 is 2.27 bits per heavy atom. The fourth-order valence-corrected chi connectivity index (χ4v) is 4.51. The maximum atomic E-state index is 13.1. The van der Waals surface area contributed by atoms with Crippen LogP contribution in [0, 0.1) is 13.8 Å². The molecule has 0 N–H and O–H groups in total. The molecular formula is C29H32N2O6. The second-order valence-electron chi connectivity index (χ2n) is 9.36. The van der Waals surface area contributed by atoms with E-state index in [4.69, 9.17) is 13.9 Å². The van der Waals surface area contributed by atoms with Crippen molar-refractivity contribution in [2.24, 2.45) is 0 Å². The zero-order chi connectivity index (χ0) is 26.4. The number of hydrogen-bond acceptors (Lipinski definition) is 7. The number of rotatable bonds is 8. The molecular weight excluding hydrogens is 472 g/mol. The highest BCUT2D eigenvalue weighted by atomic mass is 16.5. The lowest BCUT2D eigenvalue weighted by Gasteiger charge is -2.35. The van der Waals surface area contributed by atoms with E-state index in [-0.39, 0.29) is 17.1 Å². The molecule has 8 heteroatoms. The Kier molecular flexibility index (Phi) is 8.40. The number of benzene rings is 2. The molecule has 1 saturated heterocycles. The second kappa shape index (κ2) is 11.9. The van der Waals surface area contributed by atoms with Gasteiger partial charge in [-0.2, -0.15) is 0 Å². The average Bonchev–Trinajstić information content (AvgIpc) is 2.87. The maximum Gasteiger partial charge on any atom is 0.303 e. The zero-order valence-corrected chi connectivity index (χ0v) is 21.4. The smallest absolute Gasteiger partial charge is 0.303 e. The van der Waals surface area contributed by atoms with Gasteiger partial charge in [0.1, 0.15) is 18.6 Å². The molecule has 0 bridgehead atoms. The van der Waals surface area contributed by atoms with Crippen molar-refractivity contribution in [3.05, 3.63) is 99.1 Å². The van der Waals surface area contributed by atoms with Crippen LogP contribution in [0.5, 0.6) is 5.75 Å². The summed E-state index contributed by atoms with van der Waals surface area (Å²) >= 11 is 0. The fraction of sp³-hybridized carbons (Fsp3) is 0.345. The summed E-state index contributed by atoms with van der Waals surface area (Å²) in [5.74, 6) is -0.0310. The van der Waals surface area contributed by atoms with E-state index in [9.17, 15) is 14.4 Å². The lowest BCUT2D eigenvalue weighted by atomic mass is 10.1. The van der Waals surface area contributed by atoms with Gasteiger partial charge in [0.25, 0.3) is 5.91 Å². The number of amides is 1. The normalized spacial score (nSPS) is 14.7. The highest BCUT2D eigenvalue weighted by molar-refractivity contribution is 5.84. The lowest BCUT2D eigenvalue weighted by Crippen LogP contribution is -2.50. The van der Waals surface area contributed by atoms with Crippen LogP contribution in [0.25, 0.3) is 0 Å². The van der Waals surface area contributed by atoms with Crippen molar-refractivity contribution in [2.45, 2.75) is 40.0 Å². The number of carbonyl (C=O) groups excluding carboxylic acids is 2. The monoisotopic (exact) mass is 504 g/mol. The molecule has 37 heavy (non-hydrogen) atoms. The van der Waals surface area contributed by atoms with Crippen LogP contribution < -0.4 is 10.2 Å². The van der Waals surface area contributed by atoms with Gasteiger partial charge >= 0.3 is 5.97 Å². The zero-order valence-electron chi connectivity index (χ0n) is 21.4. The summed E-state index contributed by atoms with van der Waals surface area (Å²) in [7, 11) is 0. The molecule has 1 amide bonds. The van der Waals surface area contributed by atoms with Crippen molar-refractivity contribution < 1.29 is 23.5 Å². The summed E-state index contributed by atoms with van der Waals surface area (Å²) in [6.45, 7) is 8.24. The highest BCUT2D eigenvalue weighted by Crippen LogP contribution is 2.22. The summed E-state index contributed by atoms with van der Waals surface area (Å²) in [6, 6.07) is 16.6. The van der Waals surface area contributed by atoms with Gasteiger partial charge < -0.3 is 18.8 Å². The molecule has 0 aliphatic carbocycles. The Morgan fingerprint density at radius 2 is 1.65 bits per heavy atom. The molecule has 3 aromatic rings. The van der Waals surface area contributed by atoms with Gasteiger partial charge in [-0.25, -0.2) is 0 Å². The summed E-state index contributed by atoms with van der Waals surface area (Å²) in [6.07, 6.45) is 0.406. The molecule has 1 fully saturated rings. The van der Waals surface area contributed by atoms with E-state index in [0.29, 0.717) is 50.7 Å². The SMILES string of the molecule is CC(=O)OC(C(=O)N1CCN(Cc2cc(=O)c(OCc3cc(C)cc(C)c3)co2)CC1)c1ccccc1. The third-order valence-corrected chi connectivity index (χ3v) is 6.20. The minimum absolute atomic E-state index is 0.177. The quantitative estimate of drug-likeness (QED) is 0.431. The summed E-state index contributed by atoms with van der Waals surface area (Å²) in [5, 5.41) is 0. The summed E-state index contributed by atoms with van der Waals surface area (Å²) in [5.41, 5.74) is 3.70. The molecule has 1 aliphatic heterocycles. The van der Waals surface area contributed by atoms with Crippen LogP contribution in [0.1, 0.15) is 41.0 Å². The molecule has 2 aromatic carbocycles. The van der Waals surface area contributed by atoms with Gasteiger partial charge in [-0.15, -0.1) is 0 Å². The van der Waals surface area contributed by atoms with Crippen molar-refractivity contribution in [3.8, 4) is 5.75 Å². The van der Waals surface area contributed by atoms with Crippen LogP contribution in [0.3, 0.4) is 0 Å². The minimum Gasteiger partial charge on any atom is -0.482 e. The number of esters is 1. The van der Waals surface area contributed by atoms with Crippen LogP contribution in [-0.2, 0) is 27.5 Å². The van der Waals surface area contributed by atoms with Crippen molar-refractivity contribution in [3.63, 3.8) is 0 Å². The van der Waals surface area contributed by atoms with E-state index in [2.05, 4.69) is 11.0 Å². The number of carbonyl (C=O) groups is 2. The molecule has 1 aliphatic rings. The van der Waals surface area contributed by atoms with Gasteiger partial charge in [-0.3, -0.25) is 19.3 Å². The predicted octanol–water partition coefficient (Wildman–Crippen LogP) is 3.78. The molecule has 4 rings (SSSR count). The van der Waals surface area contributed by atoms with Gasteiger partial charge in [0.2, 0.25) is 17.3 Å². The molecule has 1 atom stereocenters. The van der Waals surface area contributed by atoms with Gasteiger partial charge in [0.15, 0.2) is 0 Å². The van der Waals surface area contributed by atoms with E-state index in [1.807, 2.05) is 44.2 Å². The summed E-state index contributed by atoms with van der Waals surface area (Å²) in [4.78, 5) is 41.2. The number of hydrogen-bond donors (Lipinski definition) is 0. The largest absolute Gasteiger partial charge is 0.482 e. The van der Waals surface area contributed by atoms with E-state index < -0.39 is 12.1 Å². The van der Waals surface area contributed by atoms with E-state index in [0.717, 1.165) is 16.7 Å². The minimum atomic E-state index is -0.959. The Hall–Kier alpha value is -3.91. The van der Waals surface area contributed by atoms with E-state index >= 15 is 0 Å².